The Kier molecular flexibility index (Phi) is 4.68. The zero-order valence-electron chi connectivity index (χ0n) is 11.5. The molecule has 0 aromatic carbocycles. The Hall–Kier alpha value is -1.10. The van der Waals surface area contributed by atoms with Gasteiger partial charge in [0, 0.05) is 18.3 Å². The lowest BCUT2D eigenvalue weighted by Gasteiger charge is -2.34. The lowest BCUT2D eigenvalue weighted by molar-refractivity contribution is -0.186. The van der Waals surface area contributed by atoms with E-state index in [-0.39, 0.29) is 24.7 Å². The predicted octanol–water partition coefficient (Wildman–Crippen LogP) is 3.91. The van der Waals surface area contributed by atoms with E-state index < -0.39 is 18.2 Å². The minimum Gasteiger partial charge on any atom is -0.392 e. The van der Waals surface area contributed by atoms with Crippen LogP contribution in [0, 0.1) is 11.8 Å². The fourth-order valence-electron chi connectivity index (χ4n) is 3.06. The van der Waals surface area contributed by atoms with Crippen LogP contribution in [0.2, 0.25) is 0 Å². The molecule has 1 saturated carbocycles. The molecule has 5 heteroatoms. The predicted molar refractivity (Wildman–Crippen MR) is 70.2 cm³/mol. The second-order valence-electron chi connectivity index (χ2n) is 5.71. The van der Waals surface area contributed by atoms with Crippen LogP contribution in [0.4, 0.5) is 13.2 Å². The van der Waals surface area contributed by atoms with Gasteiger partial charge >= 0.3 is 6.18 Å². The molecule has 2 atom stereocenters. The maximum Gasteiger partial charge on any atom is 0.391 e. The topological polar surface area (TPSA) is 33.1 Å². The molecule has 1 aromatic rings. The second kappa shape index (κ2) is 6.12. The van der Waals surface area contributed by atoms with E-state index in [4.69, 9.17) is 0 Å². The lowest BCUT2D eigenvalue weighted by Crippen LogP contribution is -2.34. The summed E-state index contributed by atoms with van der Waals surface area (Å²) in [4.78, 5) is 3.93. The maximum absolute atomic E-state index is 12.6. The molecular weight excluding hydrogens is 267 g/mol. The molecule has 1 aliphatic carbocycles. The first-order chi connectivity index (χ1) is 9.39. The van der Waals surface area contributed by atoms with E-state index in [2.05, 4.69) is 4.98 Å². The van der Waals surface area contributed by atoms with Gasteiger partial charge in [0.15, 0.2) is 0 Å². The zero-order chi connectivity index (χ0) is 14.8. The first-order valence-electron chi connectivity index (χ1n) is 7.04. The fraction of sp³-hybridized carbons (Fsp3) is 0.667. The number of nitrogens with zero attached hydrogens (tertiary/aromatic N) is 1. The van der Waals surface area contributed by atoms with E-state index in [9.17, 15) is 18.3 Å². The van der Waals surface area contributed by atoms with Crippen LogP contribution in [0.15, 0.2) is 24.5 Å². The summed E-state index contributed by atoms with van der Waals surface area (Å²) in [5.74, 6) is -1.32. The molecule has 0 bridgehead atoms. The van der Waals surface area contributed by atoms with Gasteiger partial charge in [0.1, 0.15) is 0 Å². The zero-order valence-corrected chi connectivity index (χ0v) is 11.5. The van der Waals surface area contributed by atoms with Gasteiger partial charge < -0.3 is 5.11 Å². The molecular formula is C15H20F3NO. The van der Waals surface area contributed by atoms with Crippen molar-refractivity contribution in [3.05, 3.63) is 30.1 Å². The number of halogens is 3. The van der Waals surface area contributed by atoms with Crippen molar-refractivity contribution in [3.63, 3.8) is 0 Å². The van der Waals surface area contributed by atoms with Crippen molar-refractivity contribution in [2.45, 2.75) is 50.8 Å². The van der Waals surface area contributed by atoms with Crippen molar-refractivity contribution in [2.24, 2.45) is 11.8 Å². The highest BCUT2D eigenvalue weighted by atomic mass is 19.4. The smallest absolute Gasteiger partial charge is 0.391 e. The van der Waals surface area contributed by atoms with Crippen LogP contribution in [0.25, 0.3) is 0 Å². The van der Waals surface area contributed by atoms with Crippen LogP contribution in [-0.4, -0.2) is 22.4 Å². The van der Waals surface area contributed by atoms with Gasteiger partial charge in [-0.2, -0.15) is 13.2 Å². The summed E-state index contributed by atoms with van der Waals surface area (Å²) in [5.41, 5.74) is 0.977. The van der Waals surface area contributed by atoms with Gasteiger partial charge in [-0.15, -0.1) is 0 Å². The number of hydrogen-bond acceptors (Lipinski definition) is 2. The molecule has 2 nitrogen and oxygen atoms in total. The van der Waals surface area contributed by atoms with E-state index >= 15 is 0 Å². The summed E-state index contributed by atoms with van der Waals surface area (Å²) in [6.45, 7) is 1.91. The first kappa shape index (κ1) is 15.3. The molecule has 20 heavy (non-hydrogen) atoms. The lowest BCUT2D eigenvalue weighted by atomic mass is 9.75. The molecule has 0 spiro atoms. The minimum atomic E-state index is -4.09. The molecule has 1 heterocycles. The molecule has 1 fully saturated rings. The highest BCUT2D eigenvalue weighted by molar-refractivity contribution is 5.16. The molecule has 1 N–H and O–H groups in total. The maximum atomic E-state index is 12.6. The van der Waals surface area contributed by atoms with Gasteiger partial charge in [0.25, 0.3) is 0 Å². The van der Waals surface area contributed by atoms with Gasteiger partial charge in [-0.25, -0.2) is 0 Å². The molecule has 0 saturated heterocycles. The van der Waals surface area contributed by atoms with Crippen molar-refractivity contribution >= 4 is 0 Å². The summed E-state index contributed by atoms with van der Waals surface area (Å²) in [5, 5.41) is 10.4. The number of alkyl halides is 3. The molecule has 1 aliphatic rings. The quantitative estimate of drug-likeness (QED) is 0.914. The molecule has 0 radical (unpaired) electrons. The highest BCUT2D eigenvalue weighted by Crippen LogP contribution is 2.42. The van der Waals surface area contributed by atoms with Gasteiger partial charge in [-0.3, -0.25) is 4.98 Å². The van der Waals surface area contributed by atoms with Gasteiger partial charge in [-0.05, 0) is 49.3 Å². The first-order valence-corrected chi connectivity index (χ1v) is 7.04. The summed E-state index contributed by atoms with van der Waals surface area (Å²) in [7, 11) is 0. The Labute approximate surface area is 117 Å². The summed E-state index contributed by atoms with van der Waals surface area (Å²) in [6.07, 6.45) is -0.193. The van der Waals surface area contributed by atoms with Crippen molar-refractivity contribution in [1.82, 2.24) is 4.98 Å². The highest BCUT2D eigenvalue weighted by Gasteiger charge is 2.42. The normalized spacial score (nSPS) is 27.1. The van der Waals surface area contributed by atoms with E-state index in [0.29, 0.717) is 12.8 Å². The van der Waals surface area contributed by atoms with Crippen molar-refractivity contribution < 1.29 is 18.3 Å². The Morgan fingerprint density at radius 1 is 1.15 bits per heavy atom. The van der Waals surface area contributed by atoms with Gasteiger partial charge in [0.2, 0.25) is 0 Å². The second-order valence-corrected chi connectivity index (χ2v) is 5.71. The molecule has 112 valence electrons. The van der Waals surface area contributed by atoms with Gasteiger partial charge in [0.05, 0.1) is 12.0 Å². The number of aliphatic hydroxyl groups is 1. The fourth-order valence-corrected chi connectivity index (χ4v) is 3.06. The van der Waals surface area contributed by atoms with Crippen LogP contribution in [0.5, 0.6) is 0 Å². The van der Waals surface area contributed by atoms with E-state index in [1.807, 2.05) is 19.1 Å². The number of aliphatic hydroxyl groups excluding tert-OH is 1. The molecule has 2 unspecified atom stereocenters. The third-order valence-electron chi connectivity index (χ3n) is 4.46. The monoisotopic (exact) mass is 287 g/mol. The Morgan fingerprint density at radius 3 is 2.20 bits per heavy atom. The average Bonchev–Trinajstić information content (AvgIpc) is 2.46. The van der Waals surface area contributed by atoms with Crippen LogP contribution in [0.3, 0.4) is 0 Å². The summed E-state index contributed by atoms with van der Waals surface area (Å²) in [6, 6.07) is 3.68. The Bertz CT molecular complexity index is 413. The largest absolute Gasteiger partial charge is 0.392 e. The SMILES string of the molecule is CC(c1ccncc1)C(O)C1CCC(C(F)(F)F)CC1. The van der Waals surface area contributed by atoms with E-state index in [0.717, 1.165) is 5.56 Å². The minimum absolute atomic E-state index is 0.0447. The van der Waals surface area contributed by atoms with Crippen molar-refractivity contribution in [3.8, 4) is 0 Å². The molecule has 1 aromatic heterocycles. The van der Waals surface area contributed by atoms with Crippen molar-refractivity contribution in [1.29, 1.82) is 0 Å². The van der Waals surface area contributed by atoms with Crippen LogP contribution in [-0.2, 0) is 0 Å². The molecule has 2 rings (SSSR count). The summed E-state index contributed by atoms with van der Waals surface area (Å²) < 4.78 is 37.9. The molecule has 0 amide bonds. The van der Waals surface area contributed by atoms with Crippen molar-refractivity contribution in [2.75, 3.05) is 0 Å². The Balaban J connectivity index is 1.93. The van der Waals surface area contributed by atoms with E-state index in [1.165, 1.54) is 0 Å². The van der Waals surface area contributed by atoms with Gasteiger partial charge in [-0.1, -0.05) is 6.92 Å². The van der Waals surface area contributed by atoms with Crippen LogP contribution >= 0.6 is 0 Å². The van der Waals surface area contributed by atoms with Crippen LogP contribution < -0.4 is 0 Å². The number of aromatic nitrogens is 1. The van der Waals surface area contributed by atoms with E-state index in [1.54, 1.807) is 12.4 Å². The Morgan fingerprint density at radius 2 is 1.70 bits per heavy atom. The standard InChI is InChI=1S/C15H20F3NO/c1-10(11-6-8-19-9-7-11)14(20)12-2-4-13(5-3-12)15(16,17)18/h6-10,12-14,20H,2-5H2,1H3. The van der Waals surface area contributed by atoms with Crippen LogP contribution in [0.1, 0.15) is 44.1 Å². The summed E-state index contributed by atoms with van der Waals surface area (Å²) >= 11 is 0. The number of rotatable bonds is 3. The third-order valence-corrected chi connectivity index (χ3v) is 4.46. The molecule has 0 aliphatic heterocycles. The average molecular weight is 287 g/mol. The number of hydrogen-bond donors (Lipinski definition) is 1. The third kappa shape index (κ3) is 3.51. The number of pyridine rings is 1.